The molecule has 4 rings (SSSR count). The zero-order valence-corrected chi connectivity index (χ0v) is 21.2. The van der Waals surface area contributed by atoms with Crippen LogP contribution < -0.4 is 4.74 Å². The molecule has 0 aliphatic carbocycles. The number of methoxy groups -OCH3 is 1. The van der Waals surface area contributed by atoms with Crippen LogP contribution in [0.1, 0.15) is 46.9 Å². The predicted molar refractivity (Wildman–Crippen MR) is 137 cm³/mol. The molecule has 0 radical (unpaired) electrons. The molecule has 1 saturated heterocycles. The molecule has 9 heteroatoms. The highest BCUT2D eigenvalue weighted by Crippen LogP contribution is 2.40. The number of likely N-dealkylation sites (tertiary alicyclic amines) is 1. The highest BCUT2D eigenvalue weighted by molar-refractivity contribution is 6.46. The lowest BCUT2D eigenvalue weighted by Crippen LogP contribution is -2.29. The zero-order valence-electron chi connectivity index (χ0n) is 20.5. The predicted octanol–water partition coefficient (Wildman–Crippen LogP) is 4.93. The minimum absolute atomic E-state index is 0.0593. The molecule has 2 heterocycles. The van der Waals surface area contributed by atoms with Crippen molar-refractivity contribution in [2.45, 2.75) is 32.5 Å². The lowest BCUT2D eigenvalue weighted by molar-refractivity contribution is -0.140. The Bertz CT molecular complexity index is 1370. The van der Waals surface area contributed by atoms with E-state index in [1.165, 1.54) is 18.1 Å². The van der Waals surface area contributed by atoms with Crippen molar-refractivity contribution in [2.75, 3.05) is 7.11 Å². The lowest BCUT2D eigenvalue weighted by Gasteiger charge is -2.25. The number of rotatable bonds is 7. The number of amides is 1. The quantitative estimate of drug-likeness (QED) is 0.204. The second-order valence-corrected chi connectivity index (χ2v) is 9.12. The molecule has 37 heavy (non-hydrogen) atoms. The van der Waals surface area contributed by atoms with Gasteiger partial charge in [0.1, 0.15) is 11.5 Å². The molecule has 8 nitrogen and oxygen atoms in total. The van der Waals surface area contributed by atoms with E-state index in [0.29, 0.717) is 22.4 Å². The third-order valence-corrected chi connectivity index (χ3v) is 6.15. The standard InChI is InChI=1S/C28H25ClN2O6/c1-16(2)37-28(35)18-8-6-17(7-9-18)15-31-24(20-5-4-12-30-14-20)23(26(33)27(31)34)25(32)19-10-11-22(36-3)21(29)13-19/h4-14,16,24,32H,15H2,1-3H3/b25-23-. The molecule has 190 valence electrons. The van der Waals surface area contributed by atoms with Gasteiger partial charge < -0.3 is 19.5 Å². The molecule has 1 aromatic heterocycles. The molecule has 0 bridgehead atoms. The summed E-state index contributed by atoms with van der Waals surface area (Å²) in [5.41, 5.74) is 1.81. The van der Waals surface area contributed by atoms with Crippen LogP contribution in [0.3, 0.4) is 0 Å². The van der Waals surface area contributed by atoms with Crippen LogP contribution in [0.4, 0.5) is 0 Å². The summed E-state index contributed by atoms with van der Waals surface area (Å²) in [4.78, 5) is 44.1. The zero-order chi connectivity index (χ0) is 26.7. The van der Waals surface area contributed by atoms with E-state index in [0.717, 1.165) is 0 Å². The first-order valence-corrected chi connectivity index (χ1v) is 11.9. The van der Waals surface area contributed by atoms with E-state index < -0.39 is 23.7 Å². The number of benzene rings is 2. The molecule has 1 aliphatic rings. The minimum atomic E-state index is -0.889. The fourth-order valence-electron chi connectivity index (χ4n) is 4.12. The minimum Gasteiger partial charge on any atom is -0.507 e. The van der Waals surface area contributed by atoms with Crippen LogP contribution in [0.15, 0.2) is 72.6 Å². The lowest BCUT2D eigenvalue weighted by atomic mass is 9.96. The molecule has 1 aliphatic heterocycles. The van der Waals surface area contributed by atoms with Gasteiger partial charge in [-0.25, -0.2) is 4.79 Å². The van der Waals surface area contributed by atoms with Gasteiger partial charge in [0.05, 0.1) is 35.4 Å². The highest BCUT2D eigenvalue weighted by Gasteiger charge is 2.46. The fourth-order valence-corrected chi connectivity index (χ4v) is 4.38. The van der Waals surface area contributed by atoms with Crippen LogP contribution in [0.2, 0.25) is 5.02 Å². The Labute approximate surface area is 219 Å². The van der Waals surface area contributed by atoms with Crippen molar-refractivity contribution >= 4 is 35.0 Å². The highest BCUT2D eigenvalue weighted by atomic mass is 35.5. The van der Waals surface area contributed by atoms with Gasteiger partial charge in [-0.1, -0.05) is 29.8 Å². The largest absolute Gasteiger partial charge is 0.507 e. The van der Waals surface area contributed by atoms with Gasteiger partial charge in [-0.05, 0) is 61.4 Å². The number of ether oxygens (including phenoxy) is 2. The van der Waals surface area contributed by atoms with Crippen molar-refractivity contribution in [2.24, 2.45) is 0 Å². The van der Waals surface area contributed by atoms with E-state index in [1.807, 2.05) is 0 Å². The number of Topliss-reactive ketones (excluding diaryl/α,β-unsaturated/α-hetero) is 1. The first kappa shape index (κ1) is 25.9. The number of aliphatic hydroxyl groups excluding tert-OH is 1. The number of esters is 1. The van der Waals surface area contributed by atoms with Crippen LogP contribution >= 0.6 is 11.6 Å². The van der Waals surface area contributed by atoms with Gasteiger partial charge in [-0.15, -0.1) is 0 Å². The van der Waals surface area contributed by atoms with Crippen molar-refractivity contribution in [1.82, 2.24) is 9.88 Å². The van der Waals surface area contributed by atoms with E-state index in [2.05, 4.69) is 4.98 Å². The monoisotopic (exact) mass is 520 g/mol. The van der Waals surface area contributed by atoms with E-state index in [1.54, 1.807) is 74.8 Å². The van der Waals surface area contributed by atoms with Crippen LogP contribution in [0, 0.1) is 0 Å². The fraction of sp³-hybridized carbons (Fsp3) is 0.214. The third-order valence-electron chi connectivity index (χ3n) is 5.85. The molecular formula is C28H25ClN2O6. The summed E-state index contributed by atoms with van der Waals surface area (Å²) in [6.07, 6.45) is 2.87. The van der Waals surface area contributed by atoms with Crippen LogP contribution in [-0.2, 0) is 20.9 Å². The van der Waals surface area contributed by atoms with Crippen molar-refractivity contribution in [3.63, 3.8) is 0 Å². The van der Waals surface area contributed by atoms with E-state index >= 15 is 0 Å². The second kappa shape index (κ2) is 10.8. The van der Waals surface area contributed by atoms with Gasteiger partial charge in [0.15, 0.2) is 0 Å². The summed E-state index contributed by atoms with van der Waals surface area (Å²) in [6.45, 7) is 3.59. The normalized spacial score (nSPS) is 16.8. The van der Waals surface area contributed by atoms with Crippen molar-refractivity contribution in [3.8, 4) is 5.75 Å². The van der Waals surface area contributed by atoms with E-state index in [-0.39, 0.29) is 34.6 Å². The molecule has 1 amide bonds. The van der Waals surface area contributed by atoms with Crippen LogP contribution in [0.25, 0.3) is 5.76 Å². The Morgan fingerprint density at radius 2 is 1.81 bits per heavy atom. The summed E-state index contributed by atoms with van der Waals surface area (Å²) < 4.78 is 10.4. The number of hydrogen-bond acceptors (Lipinski definition) is 7. The van der Waals surface area contributed by atoms with Crippen molar-refractivity contribution in [3.05, 3.63) is 99.8 Å². The first-order valence-electron chi connectivity index (χ1n) is 11.5. The molecule has 1 atom stereocenters. The SMILES string of the molecule is COc1ccc(/C(O)=C2/C(=O)C(=O)N(Cc3ccc(C(=O)OC(C)C)cc3)C2c2cccnc2)cc1Cl. The summed E-state index contributed by atoms with van der Waals surface area (Å²) in [5, 5.41) is 11.4. The maximum atomic E-state index is 13.2. The molecular weight excluding hydrogens is 496 g/mol. The Hall–Kier alpha value is -4.17. The summed E-state index contributed by atoms with van der Waals surface area (Å²) in [7, 11) is 1.47. The average Bonchev–Trinajstić information content (AvgIpc) is 3.13. The third kappa shape index (κ3) is 5.34. The smallest absolute Gasteiger partial charge is 0.338 e. The van der Waals surface area contributed by atoms with Crippen LogP contribution in [0.5, 0.6) is 5.75 Å². The number of carbonyl (C=O) groups excluding carboxylic acids is 3. The topological polar surface area (TPSA) is 106 Å². The molecule has 3 aromatic rings. The Morgan fingerprint density at radius 1 is 1.11 bits per heavy atom. The molecule has 0 saturated carbocycles. The number of aromatic nitrogens is 1. The van der Waals surface area contributed by atoms with Gasteiger partial charge >= 0.3 is 5.97 Å². The molecule has 1 fully saturated rings. The number of pyridine rings is 1. The maximum Gasteiger partial charge on any atom is 0.338 e. The summed E-state index contributed by atoms with van der Waals surface area (Å²) in [6, 6.07) is 13.7. The van der Waals surface area contributed by atoms with E-state index in [9.17, 15) is 19.5 Å². The van der Waals surface area contributed by atoms with Gasteiger partial charge in [-0.3, -0.25) is 14.6 Å². The van der Waals surface area contributed by atoms with Gasteiger partial charge in [0.25, 0.3) is 11.7 Å². The Balaban J connectivity index is 1.73. The average molecular weight is 521 g/mol. The Morgan fingerprint density at radius 3 is 2.41 bits per heavy atom. The van der Waals surface area contributed by atoms with E-state index in [4.69, 9.17) is 21.1 Å². The summed E-state index contributed by atoms with van der Waals surface area (Å²) in [5.74, 6) is -1.99. The van der Waals surface area contributed by atoms with Crippen LogP contribution in [-0.4, -0.2) is 45.9 Å². The number of nitrogens with zero attached hydrogens (tertiary/aromatic N) is 2. The second-order valence-electron chi connectivity index (χ2n) is 8.71. The Kier molecular flexibility index (Phi) is 7.59. The van der Waals surface area contributed by atoms with Gasteiger partial charge in [0.2, 0.25) is 0 Å². The first-order chi connectivity index (χ1) is 17.7. The van der Waals surface area contributed by atoms with Gasteiger partial charge in [-0.2, -0.15) is 0 Å². The van der Waals surface area contributed by atoms with Gasteiger partial charge in [0, 0.05) is 24.5 Å². The summed E-state index contributed by atoms with van der Waals surface area (Å²) >= 11 is 6.23. The number of hydrogen-bond donors (Lipinski definition) is 1. The molecule has 1 N–H and O–H groups in total. The maximum absolute atomic E-state index is 13.2. The molecule has 0 spiro atoms. The van der Waals surface area contributed by atoms with Crippen molar-refractivity contribution < 1.29 is 29.0 Å². The number of halogens is 1. The molecule has 1 unspecified atom stereocenters. The molecule has 2 aromatic carbocycles. The number of aliphatic hydroxyl groups is 1. The number of carbonyl (C=O) groups is 3. The van der Waals surface area contributed by atoms with Crippen molar-refractivity contribution in [1.29, 1.82) is 0 Å². The number of ketones is 1.